The number of ether oxygens (including phenoxy) is 1. The van der Waals surface area contributed by atoms with Crippen LogP contribution in [0.15, 0.2) is 0 Å². The molecule has 3 nitrogen and oxygen atoms in total. The first kappa shape index (κ1) is 12.9. The van der Waals surface area contributed by atoms with Crippen LogP contribution < -0.4 is 5.73 Å². The maximum absolute atomic E-state index is 9.40. The molecule has 90 valence electrons. The van der Waals surface area contributed by atoms with E-state index in [1.54, 1.807) is 0 Å². The van der Waals surface area contributed by atoms with Gasteiger partial charge in [-0.1, -0.05) is 20.8 Å². The monoisotopic (exact) mass is 216 g/mol. The lowest BCUT2D eigenvalue weighted by atomic mass is 9.71. The van der Waals surface area contributed by atoms with E-state index >= 15 is 0 Å². The molecule has 0 unspecified atom stereocenters. The first-order valence-electron chi connectivity index (χ1n) is 6.02. The second-order valence-corrected chi connectivity index (χ2v) is 5.81. The van der Waals surface area contributed by atoms with Crippen LogP contribution in [0.4, 0.5) is 0 Å². The van der Waals surface area contributed by atoms with Gasteiger partial charge in [0, 0.05) is 0 Å². The van der Waals surface area contributed by atoms with E-state index in [0.717, 1.165) is 18.8 Å². The van der Waals surface area contributed by atoms with Crippen molar-refractivity contribution in [3.05, 3.63) is 0 Å². The van der Waals surface area contributed by atoms with E-state index in [1.807, 2.05) is 0 Å². The van der Waals surface area contributed by atoms with Gasteiger partial charge in [0.25, 0.3) is 0 Å². The summed E-state index contributed by atoms with van der Waals surface area (Å²) in [6, 6.07) is 0. The lowest BCUT2D eigenvalue weighted by molar-refractivity contribution is -0.386. The summed E-state index contributed by atoms with van der Waals surface area (Å²) in [6.07, 6.45) is 3.45. The minimum Gasteiger partial charge on any atom is -0.385 e. The summed E-state index contributed by atoms with van der Waals surface area (Å²) >= 11 is 0. The van der Waals surface area contributed by atoms with Crippen LogP contribution in [-0.2, 0) is 4.74 Å². The molecular weight excluding hydrogens is 190 g/mol. The van der Waals surface area contributed by atoms with E-state index in [-0.39, 0.29) is 0 Å². The molecular formula is C12H26NO2+. The molecule has 0 bridgehead atoms. The molecule has 0 saturated heterocycles. The number of rotatable bonds is 4. The minimum absolute atomic E-state index is 0.324. The van der Waals surface area contributed by atoms with Crippen molar-refractivity contribution in [2.45, 2.75) is 52.2 Å². The summed E-state index contributed by atoms with van der Waals surface area (Å²) in [6.45, 7) is 7.87. The Bertz CT molecular complexity index is 194. The third-order valence-electron chi connectivity index (χ3n) is 3.20. The molecule has 1 saturated carbocycles. The topological polar surface area (TPSA) is 57.1 Å². The van der Waals surface area contributed by atoms with Crippen molar-refractivity contribution >= 4 is 0 Å². The molecule has 3 atom stereocenters. The van der Waals surface area contributed by atoms with Crippen LogP contribution in [0.5, 0.6) is 0 Å². The highest BCUT2D eigenvalue weighted by Crippen LogP contribution is 2.39. The molecule has 0 aliphatic heterocycles. The molecule has 0 aromatic carbocycles. The number of aliphatic hydroxyl groups excluding tert-OH is 1. The highest BCUT2D eigenvalue weighted by Gasteiger charge is 2.32. The van der Waals surface area contributed by atoms with Crippen molar-refractivity contribution < 1.29 is 15.6 Å². The fourth-order valence-electron chi connectivity index (χ4n) is 2.72. The summed E-state index contributed by atoms with van der Waals surface area (Å²) < 4.78 is 5.75. The Hall–Kier alpha value is -0.120. The molecule has 1 rings (SSSR count). The van der Waals surface area contributed by atoms with Crippen molar-refractivity contribution in [1.29, 1.82) is 0 Å². The first-order chi connectivity index (χ1) is 6.93. The number of aliphatic hydroxyl groups is 1. The zero-order valence-corrected chi connectivity index (χ0v) is 10.3. The molecule has 0 aromatic rings. The highest BCUT2D eigenvalue weighted by molar-refractivity contribution is 4.83. The van der Waals surface area contributed by atoms with E-state index < -0.39 is 6.10 Å². The van der Waals surface area contributed by atoms with Gasteiger partial charge in [-0.05, 0) is 30.6 Å². The fourth-order valence-corrected chi connectivity index (χ4v) is 2.72. The summed E-state index contributed by atoms with van der Waals surface area (Å²) in [5, 5.41) is 9.40. The van der Waals surface area contributed by atoms with Gasteiger partial charge in [-0.15, -0.1) is 0 Å². The zero-order valence-electron chi connectivity index (χ0n) is 10.3. The van der Waals surface area contributed by atoms with Gasteiger partial charge < -0.3 is 15.6 Å². The van der Waals surface area contributed by atoms with Crippen LogP contribution in [0.2, 0.25) is 0 Å². The summed E-state index contributed by atoms with van der Waals surface area (Å²) in [5.74, 6) is 0.732. The molecule has 1 aliphatic carbocycles. The number of hydrogen-bond acceptors (Lipinski definition) is 2. The Labute approximate surface area is 93.0 Å². The van der Waals surface area contributed by atoms with Crippen LogP contribution in [0.25, 0.3) is 0 Å². The smallest absolute Gasteiger partial charge is 0.126 e. The number of hydrogen-bond donors (Lipinski definition) is 2. The average molecular weight is 216 g/mol. The largest absolute Gasteiger partial charge is 0.385 e. The van der Waals surface area contributed by atoms with Gasteiger partial charge in [-0.25, -0.2) is 0 Å². The lowest BCUT2D eigenvalue weighted by Crippen LogP contribution is -2.56. The molecule has 3 heteroatoms. The van der Waals surface area contributed by atoms with Gasteiger partial charge >= 0.3 is 0 Å². The Morgan fingerprint density at radius 2 is 2.13 bits per heavy atom. The van der Waals surface area contributed by atoms with Crippen molar-refractivity contribution in [2.75, 3.05) is 13.2 Å². The standard InChI is InChI=1S/C12H25NO2/c1-9-4-11(6-12(2,3)5-9)15-8-10(14)7-13/h9-11,14H,4-8,13H2,1-3H3/p+1/t9-,10+,11+/m0/s1. The second-order valence-electron chi connectivity index (χ2n) is 5.81. The molecule has 15 heavy (non-hydrogen) atoms. The first-order valence-corrected chi connectivity index (χ1v) is 6.02. The third kappa shape index (κ3) is 4.49. The zero-order chi connectivity index (χ0) is 11.5. The average Bonchev–Trinajstić information content (AvgIpc) is 2.11. The quantitative estimate of drug-likeness (QED) is 0.731. The van der Waals surface area contributed by atoms with Crippen LogP contribution in [0.3, 0.4) is 0 Å². The van der Waals surface area contributed by atoms with Crippen molar-refractivity contribution in [1.82, 2.24) is 0 Å². The third-order valence-corrected chi connectivity index (χ3v) is 3.20. The maximum Gasteiger partial charge on any atom is 0.126 e. The Kier molecular flexibility index (Phi) is 4.56. The molecule has 0 aromatic heterocycles. The van der Waals surface area contributed by atoms with Crippen LogP contribution in [0.1, 0.15) is 40.0 Å². The van der Waals surface area contributed by atoms with Crippen molar-refractivity contribution in [3.8, 4) is 0 Å². The predicted octanol–water partition coefficient (Wildman–Crippen LogP) is 0.821. The molecule has 1 fully saturated rings. The number of quaternary nitrogens is 1. The molecule has 0 amide bonds. The molecule has 0 heterocycles. The molecule has 4 N–H and O–H groups in total. The van der Waals surface area contributed by atoms with Crippen molar-refractivity contribution in [3.63, 3.8) is 0 Å². The van der Waals surface area contributed by atoms with E-state index in [1.165, 1.54) is 6.42 Å². The summed E-state index contributed by atoms with van der Waals surface area (Å²) in [4.78, 5) is 0. The summed E-state index contributed by atoms with van der Waals surface area (Å²) in [5.41, 5.74) is 4.05. The predicted molar refractivity (Wildman–Crippen MR) is 60.3 cm³/mol. The SMILES string of the molecule is C[C@H]1C[C@@H](OC[C@H](O)C[NH3+])CC(C)(C)C1. The molecule has 0 spiro atoms. The van der Waals surface area contributed by atoms with Crippen LogP contribution >= 0.6 is 0 Å². The normalized spacial score (nSPS) is 32.6. The molecule has 0 radical (unpaired) electrons. The van der Waals surface area contributed by atoms with E-state index in [9.17, 15) is 5.11 Å². The van der Waals surface area contributed by atoms with Gasteiger partial charge in [0.05, 0.1) is 12.7 Å². The minimum atomic E-state index is -0.398. The van der Waals surface area contributed by atoms with Gasteiger partial charge in [-0.3, -0.25) is 0 Å². The van der Waals surface area contributed by atoms with E-state index in [2.05, 4.69) is 26.5 Å². The highest BCUT2D eigenvalue weighted by atomic mass is 16.5. The van der Waals surface area contributed by atoms with Gasteiger partial charge in [-0.2, -0.15) is 0 Å². The van der Waals surface area contributed by atoms with Gasteiger partial charge in [0.15, 0.2) is 0 Å². The fraction of sp³-hybridized carbons (Fsp3) is 1.00. The molecule has 1 aliphatic rings. The van der Waals surface area contributed by atoms with Crippen LogP contribution in [-0.4, -0.2) is 30.5 Å². The van der Waals surface area contributed by atoms with Crippen molar-refractivity contribution in [2.24, 2.45) is 11.3 Å². The van der Waals surface area contributed by atoms with Crippen LogP contribution in [0, 0.1) is 11.3 Å². The van der Waals surface area contributed by atoms with E-state index in [0.29, 0.717) is 24.7 Å². The maximum atomic E-state index is 9.40. The Morgan fingerprint density at radius 1 is 1.47 bits per heavy atom. The second kappa shape index (κ2) is 5.28. The van der Waals surface area contributed by atoms with Gasteiger partial charge in [0.2, 0.25) is 0 Å². The lowest BCUT2D eigenvalue weighted by Gasteiger charge is -2.38. The Morgan fingerprint density at radius 3 is 2.67 bits per heavy atom. The Balaban J connectivity index is 2.35. The van der Waals surface area contributed by atoms with Gasteiger partial charge in [0.1, 0.15) is 12.6 Å². The van der Waals surface area contributed by atoms with E-state index in [4.69, 9.17) is 4.74 Å². The summed E-state index contributed by atoms with van der Waals surface area (Å²) in [7, 11) is 0.